The molecular formula is C102H132N10O16. The summed E-state index contributed by atoms with van der Waals surface area (Å²) < 4.78 is 23.3. The Morgan fingerprint density at radius 3 is 1.33 bits per heavy atom. The van der Waals surface area contributed by atoms with Crippen molar-refractivity contribution in [3.05, 3.63) is 204 Å². The van der Waals surface area contributed by atoms with Gasteiger partial charge in [-0.2, -0.15) is 0 Å². The molecule has 0 aromatic heterocycles. The maximum atomic E-state index is 14.6. The Morgan fingerprint density at radius 2 is 0.852 bits per heavy atom. The molecule has 0 spiro atoms. The number of ketones is 2. The number of unbranched alkanes of at least 4 members (excludes halogenated alkanes) is 1. The molecule has 6 aromatic carbocycles. The Labute approximate surface area is 754 Å². The minimum atomic E-state index is -1.56. The molecule has 0 saturated carbocycles. The molecule has 6 heterocycles. The molecule has 6 aliphatic rings. The second kappa shape index (κ2) is 48.7. The number of hydrogen-bond acceptors (Lipinski definition) is 18. The Balaban J connectivity index is 0.000000248. The van der Waals surface area contributed by atoms with Gasteiger partial charge in [0.25, 0.3) is 5.91 Å². The number of amides is 8. The zero-order chi connectivity index (χ0) is 91.2. The minimum absolute atomic E-state index is 0.00693. The summed E-state index contributed by atoms with van der Waals surface area (Å²) in [5.41, 5.74) is 4.02. The first kappa shape index (κ1) is 97.2. The lowest BCUT2D eigenvalue weighted by Crippen LogP contribution is -2.55. The van der Waals surface area contributed by atoms with Gasteiger partial charge in [-0.1, -0.05) is 161 Å². The monoisotopic (exact) mass is 1750 g/mol. The van der Waals surface area contributed by atoms with Crippen LogP contribution in [0.4, 0.5) is 0 Å². The van der Waals surface area contributed by atoms with Crippen molar-refractivity contribution < 1.29 is 76.5 Å². The number of ether oxygens (including phenoxy) is 4. The predicted molar refractivity (Wildman–Crippen MR) is 488 cm³/mol. The largest absolute Gasteiger partial charge is 0.465 e. The van der Waals surface area contributed by atoms with Crippen LogP contribution in [0.1, 0.15) is 191 Å². The van der Waals surface area contributed by atoms with Crippen molar-refractivity contribution in [3.8, 4) is 23.0 Å². The first-order chi connectivity index (χ1) is 62.0. The third-order valence-electron chi connectivity index (χ3n) is 26.4. The van der Waals surface area contributed by atoms with E-state index in [9.17, 15) is 57.5 Å². The average molecular weight is 1750 g/mol. The van der Waals surface area contributed by atoms with Crippen LogP contribution in [0.3, 0.4) is 0 Å². The fraction of sp³-hybridized carbons (Fsp3) is 0.510. The van der Waals surface area contributed by atoms with E-state index >= 15 is 0 Å². The van der Waals surface area contributed by atoms with Crippen LogP contribution in [0.15, 0.2) is 182 Å². The SMILES string of the molecule is CC[C@@H](C)C(=O)N[C@@H](C(=O)OCCCCOC(=O)[C@H](CC(=O)[C@H](C)NC)C(=O)N1CCC[C@H]1c1cccc(Oc2ccccc2)c1)C(=O)N1CCC[C@H]1c1cccc(Oc2ccccc2)c1.CC[C@@H](C)C(=O)N[C@@H](C/C=C\C[C@H](CC(=O)[C@H](C)NC)C(=O)N1CC[C@H]2CCCN(CCc3ccccc3)C(=O)[C@H]21)C(=O)N1CC[C@H]2CCCN(CCc3ccccc3)C(=O)[C@H]21. The smallest absolute Gasteiger partial charge is 0.338 e. The van der Waals surface area contributed by atoms with Gasteiger partial charge in [-0.15, -0.1) is 0 Å². The van der Waals surface area contributed by atoms with Gasteiger partial charge < -0.3 is 69.6 Å². The molecule has 26 nitrogen and oxygen atoms in total. The molecule has 686 valence electrons. The van der Waals surface area contributed by atoms with E-state index < -0.39 is 83.7 Å². The highest BCUT2D eigenvalue weighted by Gasteiger charge is 2.49. The molecular weight excluding hydrogens is 1620 g/mol. The van der Waals surface area contributed by atoms with E-state index in [1.54, 1.807) is 54.5 Å². The van der Waals surface area contributed by atoms with Gasteiger partial charge in [-0.05, 0) is 226 Å². The van der Waals surface area contributed by atoms with E-state index in [1.807, 2.05) is 188 Å². The third-order valence-corrected chi connectivity index (χ3v) is 26.4. The highest BCUT2D eigenvalue weighted by Crippen LogP contribution is 2.40. The number of likely N-dealkylation sites (tertiary alicyclic amines) is 6. The second-order valence-corrected chi connectivity index (χ2v) is 35.0. The molecule has 12 rings (SSSR count). The van der Waals surface area contributed by atoms with Crippen LogP contribution in [-0.4, -0.2) is 216 Å². The summed E-state index contributed by atoms with van der Waals surface area (Å²) in [4.78, 5) is 177. The molecule has 0 aliphatic carbocycles. The van der Waals surface area contributed by atoms with Crippen LogP contribution in [0, 0.1) is 35.5 Å². The number of hydrogen-bond donors (Lipinski definition) is 4. The van der Waals surface area contributed by atoms with Crippen LogP contribution < -0.4 is 30.7 Å². The van der Waals surface area contributed by atoms with Gasteiger partial charge >= 0.3 is 11.9 Å². The first-order valence-corrected chi connectivity index (χ1v) is 46.5. The average Bonchev–Trinajstić information content (AvgIpc) is 1.64. The number of nitrogens with zero attached hydrogens (tertiary/aromatic N) is 6. The summed E-state index contributed by atoms with van der Waals surface area (Å²) >= 11 is 0. The van der Waals surface area contributed by atoms with Crippen LogP contribution in [0.25, 0.3) is 0 Å². The fourth-order valence-corrected chi connectivity index (χ4v) is 18.1. The van der Waals surface area contributed by atoms with E-state index in [-0.39, 0.29) is 123 Å². The van der Waals surface area contributed by atoms with Crippen molar-refractivity contribution in [2.45, 2.75) is 218 Å². The van der Waals surface area contributed by atoms with Gasteiger partial charge in [0.05, 0.1) is 37.4 Å². The van der Waals surface area contributed by atoms with Crippen molar-refractivity contribution in [3.63, 3.8) is 0 Å². The van der Waals surface area contributed by atoms with Crippen LogP contribution in [0.5, 0.6) is 23.0 Å². The van der Waals surface area contributed by atoms with Crippen molar-refractivity contribution in [1.82, 2.24) is 50.7 Å². The second-order valence-electron chi connectivity index (χ2n) is 35.0. The maximum absolute atomic E-state index is 14.6. The summed E-state index contributed by atoms with van der Waals surface area (Å²) in [5, 5.41) is 11.6. The van der Waals surface area contributed by atoms with Crippen molar-refractivity contribution in [2.24, 2.45) is 35.5 Å². The third kappa shape index (κ3) is 26.4. The molecule has 8 amide bonds. The molecule has 6 saturated heterocycles. The van der Waals surface area contributed by atoms with Gasteiger partial charge in [0.1, 0.15) is 52.8 Å². The van der Waals surface area contributed by atoms with Crippen LogP contribution >= 0.6 is 0 Å². The predicted octanol–water partition coefficient (Wildman–Crippen LogP) is 13.1. The van der Waals surface area contributed by atoms with Crippen molar-refractivity contribution >= 4 is 70.8 Å². The van der Waals surface area contributed by atoms with E-state index in [2.05, 4.69) is 45.5 Å². The zero-order valence-corrected chi connectivity index (χ0v) is 75.8. The lowest BCUT2D eigenvalue weighted by Gasteiger charge is -2.33. The Morgan fingerprint density at radius 1 is 0.430 bits per heavy atom. The number of fused-ring (bicyclic) bond motifs is 2. The van der Waals surface area contributed by atoms with Gasteiger partial charge in [0.2, 0.25) is 47.4 Å². The topological polar surface area (TPSA) is 309 Å². The number of carbonyl (C=O) groups is 12. The maximum Gasteiger partial charge on any atom is 0.338 e. The number of esters is 2. The number of carbonyl (C=O) groups excluding carboxylic acids is 12. The first-order valence-electron chi connectivity index (χ1n) is 46.5. The van der Waals surface area contributed by atoms with Gasteiger partial charge in [0.15, 0.2) is 5.78 Å². The number of para-hydroxylation sites is 2. The number of rotatable bonds is 41. The minimum Gasteiger partial charge on any atom is -0.465 e. The summed E-state index contributed by atoms with van der Waals surface area (Å²) in [6.45, 7) is 14.8. The lowest BCUT2D eigenvalue weighted by atomic mass is 9.92. The molecule has 6 aromatic rings. The van der Waals surface area contributed by atoms with Crippen molar-refractivity contribution in [2.75, 3.05) is 79.7 Å². The Kier molecular flexibility index (Phi) is 37.0. The summed E-state index contributed by atoms with van der Waals surface area (Å²) in [6.07, 6.45) is 14.6. The molecule has 26 heteroatoms. The van der Waals surface area contributed by atoms with E-state index in [1.165, 1.54) is 0 Å². The molecule has 6 aliphatic heterocycles. The van der Waals surface area contributed by atoms with Crippen LogP contribution in [0.2, 0.25) is 0 Å². The highest BCUT2D eigenvalue weighted by atomic mass is 16.5. The number of Topliss-reactive ketones (excluding diaryl/α,β-unsaturated/α-hetero) is 2. The molecule has 4 N–H and O–H groups in total. The Hall–Kier alpha value is -11.4. The molecule has 14 atom stereocenters. The summed E-state index contributed by atoms with van der Waals surface area (Å²) in [5.74, 6) is -4.36. The molecule has 6 fully saturated rings. The molecule has 0 radical (unpaired) electrons. The highest BCUT2D eigenvalue weighted by molar-refractivity contribution is 6.05. The number of nitrogens with one attached hydrogen (secondary N) is 4. The lowest BCUT2D eigenvalue weighted by molar-refractivity contribution is -0.159. The number of benzene rings is 6. The number of allylic oxidation sites excluding steroid dienone is 1. The zero-order valence-electron chi connectivity index (χ0n) is 75.8. The summed E-state index contributed by atoms with van der Waals surface area (Å²) in [7, 11) is 3.35. The fourth-order valence-electron chi connectivity index (χ4n) is 18.1. The standard InChI is InChI=1S/C52H62N4O10.C50H70N6O6/c1-5-35(2)48(58)54-47(50(60)56-29-17-27-45(56)38-19-15-25-42(33-38)66-40-22-10-7-11-23-40)52(62)64-31-13-12-30-63-51(61)43(34-46(57)36(3)53-4)49(59)55-28-16-26-44(55)37-18-14-24-41(32-37)65-39-20-8-6-9-21-39;1-5-35(2)46(58)52-42(48(60)56-33-27-40-22-15-29-54(50(62)45(40)56)31-25-38-18-10-7-11-19-38)23-13-12-20-41(34-43(57)36(3)51-4)47(59)55-32-26-39-21-14-28-53(49(61)44(39)55)30-24-37-16-8-6-9-17-37/h6-11,14-15,18-25,32-33,35-36,43-45,47,53H,5,12-13,16-17,26-31,34H2,1-4H3,(H,54,58);6-13,16-19,35-36,39-42,44-45,51H,5,14-15,20-34H2,1-4H3,(H,52,58)/b;13-12-/t35-,36+,43-,44+,45+,47-;35-,36+,39-,40-,41-,42+,44+,45+/m11/s1. The van der Waals surface area contributed by atoms with Crippen molar-refractivity contribution in [1.29, 1.82) is 0 Å². The Bertz CT molecular complexity index is 4440. The molecule has 128 heavy (non-hydrogen) atoms. The van der Waals surface area contributed by atoms with E-state index in [0.717, 1.165) is 73.6 Å². The molecule has 0 bridgehead atoms. The molecule has 0 unspecified atom stereocenters. The quantitative estimate of drug-likeness (QED) is 0.0120. The number of likely N-dealkylation sites (N-methyl/N-ethyl adjacent to an activating group) is 2. The van der Waals surface area contributed by atoms with Gasteiger partial charge in [0, 0.05) is 83.0 Å². The van der Waals surface area contributed by atoms with E-state index in [4.69, 9.17) is 18.9 Å². The van der Waals surface area contributed by atoms with Crippen LogP contribution in [-0.2, 0) is 79.8 Å². The van der Waals surface area contributed by atoms with E-state index in [0.29, 0.717) is 114 Å². The normalized spacial score (nSPS) is 20.5. The van der Waals surface area contributed by atoms with Gasteiger partial charge in [-0.25, -0.2) is 4.79 Å². The van der Waals surface area contributed by atoms with Gasteiger partial charge in [-0.3, -0.25) is 52.7 Å². The summed E-state index contributed by atoms with van der Waals surface area (Å²) in [6, 6.07) is 48.7.